The number of halogens is 1. The molecule has 0 aliphatic carbocycles. The zero-order chi connectivity index (χ0) is 22.3. The van der Waals surface area contributed by atoms with Crippen molar-refractivity contribution in [3.63, 3.8) is 0 Å². The Kier molecular flexibility index (Phi) is 5.19. The third kappa shape index (κ3) is 3.52. The lowest BCUT2D eigenvalue weighted by atomic mass is 9.91. The minimum absolute atomic E-state index is 0.0253. The average molecular weight is 415 g/mol. The number of nitrogens with zero attached hydrogens (tertiary/aromatic N) is 1. The van der Waals surface area contributed by atoms with E-state index in [2.05, 4.69) is 0 Å². The number of carbonyl (C=O) groups excluding carboxylic acids is 2. The number of ketones is 1. The van der Waals surface area contributed by atoms with Crippen LogP contribution in [-0.4, -0.2) is 16.8 Å². The summed E-state index contributed by atoms with van der Waals surface area (Å²) in [6, 6.07) is 17.6. The third-order valence-electron chi connectivity index (χ3n) is 5.68. The summed E-state index contributed by atoms with van der Waals surface area (Å²) in [5.41, 5.74) is 4.23. The van der Waals surface area contributed by atoms with Gasteiger partial charge in [-0.15, -0.1) is 0 Å². The van der Waals surface area contributed by atoms with E-state index in [0.717, 1.165) is 22.3 Å². The molecule has 1 fully saturated rings. The Balaban J connectivity index is 2.00. The molecule has 0 spiro atoms. The standard InChI is InChI=1S/C26H22FNO3/c1-15-8-9-17(3)21(14-15)24(29)22-23(20-7-5-4-6-16(20)2)28(26(31)25(22)30)19-12-10-18(27)11-13-19/h4-14,23,29H,1-3H3/b24-22+. The second kappa shape index (κ2) is 7.84. The summed E-state index contributed by atoms with van der Waals surface area (Å²) in [4.78, 5) is 27.6. The van der Waals surface area contributed by atoms with Crippen molar-refractivity contribution in [2.75, 3.05) is 4.90 Å². The zero-order valence-corrected chi connectivity index (χ0v) is 17.5. The topological polar surface area (TPSA) is 57.6 Å². The van der Waals surface area contributed by atoms with Crippen molar-refractivity contribution in [1.29, 1.82) is 0 Å². The number of aryl methyl sites for hydroxylation is 3. The molecule has 0 aromatic heterocycles. The molecule has 1 unspecified atom stereocenters. The highest BCUT2D eigenvalue weighted by molar-refractivity contribution is 6.51. The second-order valence-electron chi connectivity index (χ2n) is 7.82. The van der Waals surface area contributed by atoms with E-state index in [-0.39, 0.29) is 11.3 Å². The summed E-state index contributed by atoms with van der Waals surface area (Å²) in [5.74, 6) is -2.18. The average Bonchev–Trinajstić information content (AvgIpc) is 3.01. The molecule has 0 saturated carbocycles. The van der Waals surface area contributed by atoms with Crippen LogP contribution in [0.1, 0.15) is 33.9 Å². The molecule has 1 atom stereocenters. The van der Waals surface area contributed by atoms with Crippen molar-refractivity contribution in [3.05, 3.63) is 106 Å². The molecule has 4 nitrogen and oxygen atoms in total. The Morgan fingerprint density at radius 3 is 2.26 bits per heavy atom. The van der Waals surface area contributed by atoms with Crippen LogP contribution in [0.25, 0.3) is 5.76 Å². The Labute approximate surface area is 180 Å². The van der Waals surface area contributed by atoms with Gasteiger partial charge < -0.3 is 5.11 Å². The predicted octanol–water partition coefficient (Wildman–Crippen LogP) is 5.38. The quantitative estimate of drug-likeness (QED) is 0.355. The van der Waals surface area contributed by atoms with Crippen LogP contribution in [0.5, 0.6) is 0 Å². The highest BCUT2D eigenvalue weighted by Crippen LogP contribution is 2.43. The third-order valence-corrected chi connectivity index (χ3v) is 5.68. The van der Waals surface area contributed by atoms with E-state index in [0.29, 0.717) is 11.3 Å². The van der Waals surface area contributed by atoms with Crippen LogP contribution in [0.3, 0.4) is 0 Å². The zero-order valence-electron chi connectivity index (χ0n) is 17.5. The molecule has 156 valence electrons. The molecule has 1 N–H and O–H groups in total. The highest BCUT2D eigenvalue weighted by Gasteiger charge is 2.47. The Bertz CT molecular complexity index is 1230. The number of aliphatic hydroxyl groups excluding tert-OH is 1. The summed E-state index contributed by atoms with van der Waals surface area (Å²) < 4.78 is 13.5. The molecule has 0 bridgehead atoms. The fraction of sp³-hybridized carbons (Fsp3) is 0.154. The van der Waals surface area contributed by atoms with E-state index >= 15 is 0 Å². The van der Waals surface area contributed by atoms with Crippen LogP contribution in [-0.2, 0) is 9.59 Å². The van der Waals surface area contributed by atoms with E-state index in [1.165, 1.54) is 29.2 Å². The molecular weight excluding hydrogens is 393 g/mol. The normalized spacial score (nSPS) is 17.9. The number of Topliss-reactive ketones (excluding diaryl/α,β-unsaturated/α-hetero) is 1. The maximum atomic E-state index is 13.5. The van der Waals surface area contributed by atoms with Gasteiger partial charge in [-0.2, -0.15) is 0 Å². The Morgan fingerprint density at radius 1 is 0.903 bits per heavy atom. The van der Waals surface area contributed by atoms with Crippen LogP contribution in [0.2, 0.25) is 0 Å². The van der Waals surface area contributed by atoms with E-state index in [4.69, 9.17) is 0 Å². The van der Waals surface area contributed by atoms with E-state index in [1.54, 1.807) is 6.07 Å². The lowest BCUT2D eigenvalue weighted by Gasteiger charge is -2.26. The second-order valence-corrected chi connectivity index (χ2v) is 7.82. The molecule has 1 amide bonds. The lowest BCUT2D eigenvalue weighted by molar-refractivity contribution is -0.132. The smallest absolute Gasteiger partial charge is 0.300 e. The summed E-state index contributed by atoms with van der Waals surface area (Å²) >= 11 is 0. The van der Waals surface area contributed by atoms with Gasteiger partial charge in [-0.05, 0) is 67.8 Å². The number of aliphatic hydroxyl groups is 1. The number of anilines is 1. The van der Waals surface area contributed by atoms with E-state index in [9.17, 15) is 19.1 Å². The molecule has 1 aliphatic heterocycles. The number of rotatable bonds is 3. The first-order valence-electron chi connectivity index (χ1n) is 9.99. The maximum Gasteiger partial charge on any atom is 0.300 e. The van der Waals surface area contributed by atoms with Gasteiger partial charge in [-0.25, -0.2) is 4.39 Å². The number of amides is 1. The van der Waals surface area contributed by atoms with Crippen molar-refractivity contribution in [2.45, 2.75) is 26.8 Å². The number of hydrogen-bond acceptors (Lipinski definition) is 3. The van der Waals surface area contributed by atoms with Gasteiger partial charge in [-0.1, -0.05) is 42.0 Å². The van der Waals surface area contributed by atoms with Crippen LogP contribution in [0, 0.1) is 26.6 Å². The molecule has 3 aromatic rings. The lowest BCUT2D eigenvalue weighted by Crippen LogP contribution is -2.29. The molecule has 0 radical (unpaired) electrons. The molecule has 4 rings (SSSR count). The van der Waals surface area contributed by atoms with E-state index in [1.807, 2.05) is 57.2 Å². The Hall–Kier alpha value is -3.73. The molecular formula is C26H22FNO3. The molecule has 31 heavy (non-hydrogen) atoms. The summed E-state index contributed by atoms with van der Waals surface area (Å²) in [6.07, 6.45) is 0. The van der Waals surface area contributed by atoms with Gasteiger partial charge in [0, 0.05) is 11.3 Å². The highest BCUT2D eigenvalue weighted by atomic mass is 19.1. The van der Waals surface area contributed by atoms with Crippen molar-refractivity contribution < 1.29 is 19.1 Å². The fourth-order valence-electron chi connectivity index (χ4n) is 4.02. The first-order valence-corrected chi connectivity index (χ1v) is 9.99. The Morgan fingerprint density at radius 2 is 1.58 bits per heavy atom. The fourth-order valence-corrected chi connectivity index (χ4v) is 4.02. The van der Waals surface area contributed by atoms with Gasteiger partial charge in [0.15, 0.2) is 0 Å². The predicted molar refractivity (Wildman–Crippen MR) is 118 cm³/mol. The molecule has 3 aromatic carbocycles. The van der Waals surface area contributed by atoms with Gasteiger partial charge in [0.2, 0.25) is 0 Å². The van der Waals surface area contributed by atoms with Gasteiger partial charge in [0.05, 0.1) is 11.6 Å². The number of carbonyl (C=O) groups is 2. The van der Waals surface area contributed by atoms with Crippen LogP contribution < -0.4 is 4.90 Å². The molecule has 1 aliphatic rings. The monoisotopic (exact) mass is 415 g/mol. The summed E-state index contributed by atoms with van der Waals surface area (Å²) in [6.45, 7) is 5.62. The molecule has 5 heteroatoms. The van der Waals surface area contributed by atoms with Gasteiger partial charge in [-0.3, -0.25) is 14.5 Å². The van der Waals surface area contributed by atoms with Crippen molar-refractivity contribution in [1.82, 2.24) is 0 Å². The number of benzene rings is 3. The minimum Gasteiger partial charge on any atom is -0.507 e. The SMILES string of the molecule is Cc1ccc(C)c(/C(O)=C2\C(=O)C(=O)N(c3ccc(F)cc3)C2c2ccccc2C)c1. The molecule has 1 saturated heterocycles. The van der Waals surface area contributed by atoms with Gasteiger partial charge >= 0.3 is 0 Å². The summed E-state index contributed by atoms with van der Waals surface area (Å²) in [5, 5.41) is 11.3. The first kappa shape index (κ1) is 20.5. The van der Waals surface area contributed by atoms with Crippen LogP contribution >= 0.6 is 0 Å². The van der Waals surface area contributed by atoms with E-state index < -0.39 is 23.5 Å². The van der Waals surface area contributed by atoms with Crippen molar-refractivity contribution in [2.24, 2.45) is 0 Å². The van der Waals surface area contributed by atoms with Crippen LogP contribution in [0.4, 0.5) is 10.1 Å². The van der Waals surface area contributed by atoms with Crippen molar-refractivity contribution in [3.8, 4) is 0 Å². The number of hydrogen-bond donors (Lipinski definition) is 1. The van der Waals surface area contributed by atoms with Crippen LogP contribution in [0.15, 0.2) is 72.3 Å². The molecule has 1 heterocycles. The maximum absolute atomic E-state index is 13.5. The van der Waals surface area contributed by atoms with Gasteiger partial charge in [0.1, 0.15) is 11.6 Å². The summed E-state index contributed by atoms with van der Waals surface area (Å²) in [7, 11) is 0. The minimum atomic E-state index is -0.827. The van der Waals surface area contributed by atoms with Gasteiger partial charge in [0.25, 0.3) is 11.7 Å². The van der Waals surface area contributed by atoms with Crippen molar-refractivity contribution >= 4 is 23.1 Å². The largest absolute Gasteiger partial charge is 0.507 e. The first-order chi connectivity index (χ1) is 14.8.